The highest BCUT2D eigenvalue weighted by Gasteiger charge is 2.27. The normalized spacial score (nSPS) is 14.7. The Bertz CT molecular complexity index is 1080. The minimum atomic E-state index is -0.104. The molecule has 3 heterocycles. The molecule has 1 saturated heterocycles. The Morgan fingerprint density at radius 3 is 2.57 bits per heavy atom. The number of hydrogen-bond acceptors (Lipinski definition) is 7. The van der Waals surface area contributed by atoms with Crippen LogP contribution < -0.4 is 19.7 Å². The average Bonchev–Trinajstić information content (AvgIpc) is 3.14. The van der Waals surface area contributed by atoms with E-state index in [0.29, 0.717) is 22.2 Å². The van der Waals surface area contributed by atoms with Crippen LogP contribution in [0.2, 0.25) is 5.02 Å². The van der Waals surface area contributed by atoms with Gasteiger partial charge in [0.15, 0.2) is 11.5 Å². The highest BCUT2D eigenvalue weighted by Crippen LogP contribution is 2.36. The van der Waals surface area contributed by atoms with Crippen LogP contribution in [0, 0.1) is 12.8 Å². The summed E-state index contributed by atoms with van der Waals surface area (Å²) in [5.41, 5.74) is 1.25. The quantitative estimate of drug-likeness (QED) is 0.665. The molecular formula is C20H23ClN6O3. The van der Waals surface area contributed by atoms with E-state index in [0.717, 1.165) is 43.2 Å². The van der Waals surface area contributed by atoms with E-state index in [9.17, 15) is 4.79 Å². The molecule has 4 rings (SSSR count). The molecule has 1 amide bonds. The monoisotopic (exact) mass is 430 g/mol. The average molecular weight is 431 g/mol. The van der Waals surface area contributed by atoms with Crippen molar-refractivity contribution in [1.82, 2.24) is 19.8 Å². The lowest BCUT2D eigenvalue weighted by molar-refractivity contribution is -0.120. The molecule has 3 aromatic rings. The van der Waals surface area contributed by atoms with Gasteiger partial charge in [0.1, 0.15) is 17.3 Å². The zero-order valence-corrected chi connectivity index (χ0v) is 17.8. The summed E-state index contributed by atoms with van der Waals surface area (Å²) in [6.45, 7) is 3.34. The lowest BCUT2D eigenvalue weighted by Gasteiger charge is -2.32. The Balaban J connectivity index is 1.42. The summed E-state index contributed by atoms with van der Waals surface area (Å²) in [5.74, 6) is 2.44. The number of amides is 1. The van der Waals surface area contributed by atoms with Gasteiger partial charge in [0, 0.05) is 25.1 Å². The first-order valence-corrected chi connectivity index (χ1v) is 10.0. The highest BCUT2D eigenvalue weighted by atomic mass is 35.5. The summed E-state index contributed by atoms with van der Waals surface area (Å²) >= 11 is 6.20. The number of anilines is 2. The van der Waals surface area contributed by atoms with Crippen molar-refractivity contribution in [3.63, 3.8) is 0 Å². The SMILES string of the molecule is COc1cc(OC)c(NC(=O)C2CCN(c3ccc4nnc(C)n4n3)CC2)cc1Cl. The number of methoxy groups -OCH3 is 2. The molecule has 10 heteroatoms. The second kappa shape index (κ2) is 8.35. The Morgan fingerprint density at radius 2 is 1.87 bits per heavy atom. The molecule has 1 fully saturated rings. The summed E-state index contributed by atoms with van der Waals surface area (Å²) in [5, 5.41) is 16.1. The van der Waals surface area contributed by atoms with Crippen LogP contribution in [0.25, 0.3) is 5.65 Å². The fourth-order valence-corrected chi connectivity index (χ4v) is 3.86. The van der Waals surface area contributed by atoms with Crippen LogP contribution in [0.4, 0.5) is 11.5 Å². The van der Waals surface area contributed by atoms with Crippen molar-refractivity contribution in [2.75, 3.05) is 37.5 Å². The van der Waals surface area contributed by atoms with E-state index in [1.165, 1.54) is 14.2 Å². The van der Waals surface area contributed by atoms with Gasteiger partial charge in [-0.2, -0.15) is 4.52 Å². The minimum Gasteiger partial charge on any atom is -0.495 e. The van der Waals surface area contributed by atoms with Crippen LogP contribution in [0.3, 0.4) is 0 Å². The maximum Gasteiger partial charge on any atom is 0.227 e. The number of carbonyl (C=O) groups is 1. The van der Waals surface area contributed by atoms with Crippen molar-refractivity contribution in [2.45, 2.75) is 19.8 Å². The van der Waals surface area contributed by atoms with E-state index < -0.39 is 0 Å². The number of rotatable bonds is 5. The first kappa shape index (κ1) is 20.2. The van der Waals surface area contributed by atoms with E-state index in [4.69, 9.17) is 21.1 Å². The molecule has 30 heavy (non-hydrogen) atoms. The zero-order chi connectivity index (χ0) is 21.3. The lowest BCUT2D eigenvalue weighted by atomic mass is 9.95. The zero-order valence-electron chi connectivity index (χ0n) is 17.1. The van der Waals surface area contributed by atoms with E-state index in [1.807, 2.05) is 19.1 Å². The van der Waals surface area contributed by atoms with Crippen molar-refractivity contribution in [3.05, 3.63) is 35.1 Å². The largest absolute Gasteiger partial charge is 0.495 e. The number of halogens is 1. The van der Waals surface area contributed by atoms with Crippen LogP contribution in [0.15, 0.2) is 24.3 Å². The Hall–Kier alpha value is -3.07. The number of piperidine rings is 1. The molecule has 0 bridgehead atoms. The van der Waals surface area contributed by atoms with Crippen LogP contribution >= 0.6 is 11.6 Å². The molecule has 1 aliphatic rings. The van der Waals surface area contributed by atoms with Gasteiger partial charge >= 0.3 is 0 Å². The summed E-state index contributed by atoms with van der Waals surface area (Å²) in [6.07, 6.45) is 1.44. The molecule has 1 aliphatic heterocycles. The van der Waals surface area contributed by atoms with Crippen molar-refractivity contribution < 1.29 is 14.3 Å². The molecule has 0 radical (unpaired) electrons. The number of aromatic nitrogens is 4. The molecule has 0 aliphatic carbocycles. The van der Waals surface area contributed by atoms with E-state index in [-0.39, 0.29) is 11.8 Å². The molecule has 2 aromatic heterocycles. The van der Waals surface area contributed by atoms with Crippen LogP contribution in [0.5, 0.6) is 11.5 Å². The number of aryl methyl sites for hydroxylation is 1. The minimum absolute atomic E-state index is 0.0488. The number of nitrogens with one attached hydrogen (secondary N) is 1. The maximum atomic E-state index is 12.8. The molecule has 0 atom stereocenters. The third-order valence-electron chi connectivity index (χ3n) is 5.33. The number of benzene rings is 1. The van der Waals surface area contributed by atoms with Crippen molar-refractivity contribution in [3.8, 4) is 11.5 Å². The van der Waals surface area contributed by atoms with Gasteiger partial charge in [-0.25, -0.2) is 0 Å². The van der Waals surface area contributed by atoms with Crippen LogP contribution in [-0.4, -0.2) is 53.0 Å². The summed E-state index contributed by atoms with van der Waals surface area (Å²) in [4.78, 5) is 15.0. The van der Waals surface area contributed by atoms with Gasteiger partial charge in [-0.15, -0.1) is 15.3 Å². The third-order valence-corrected chi connectivity index (χ3v) is 5.62. The topological polar surface area (TPSA) is 93.9 Å². The van der Waals surface area contributed by atoms with Gasteiger partial charge in [-0.05, 0) is 38.0 Å². The van der Waals surface area contributed by atoms with Gasteiger partial charge < -0.3 is 19.7 Å². The van der Waals surface area contributed by atoms with Crippen molar-refractivity contribution >= 4 is 34.7 Å². The molecule has 158 valence electrons. The lowest BCUT2D eigenvalue weighted by Crippen LogP contribution is -2.38. The molecule has 1 N–H and O–H groups in total. The summed E-state index contributed by atoms with van der Waals surface area (Å²) in [6, 6.07) is 7.15. The van der Waals surface area contributed by atoms with Gasteiger partial charge in [-0.3, -0.25) is 4.79 Å². The van der Waals surface area contributed by atoms with Gasteiger partial charge in [0.2, 0.25) is 5.91 Å². The van der Waals surface area contributed by atoms with E-state index in [2.05, 4.69) is 25.5 Å². The second-order valence-electron chi connectivity index (χ2n) is 7.15. The summed E-state index contributed by atoms with van der Waals surface area (Å²) < 4.78 is 12.3. The fourth-order valence-electron chi connectivity index (χ4n) is 3.62. The maximum absolute atomic E-state index is 12.8. The fraction of sp³-hybridized carbons (Fsp3) is 0.400. The van der Waals surface area contributed by atoms with Crippen LogP contribution in [-0.2, 0) is 4.79 Å². The third kappa shape index (κ3) is 3.85. The number of hydrogen-bond donors (Lipinski definition) is 1. The Labute approximate surface area is 178 Å². The Kier molecular flexibility index (Phi) is 5.63. The van der Waals surface area contributed by atoms with Crippen molar-refractivity contribution in [2.24, 2.45) is 5.92 Å². The van der Waals surface area contributed by atoms with Gasteiger partial charge in [-0.1, -0.05) is 11.6 Å². The van der Waals surface area contributed by atoms with Gasteiger partial charge in [0.05, 0.1) is 24.9 Å². The number of fused-ring (bicyclic) bond motifs is 1. The first-order valence-electron chi connectivity index (χ1n) is 9.66. The van der Waals surface area contributed by atoms with E-state index >= 15 is 0 Å². The molecule has 1 aromatic carbocycles. The molecular weight excluding hydrogens is 408 g/mol. The summed E-state index contributed by atoms with van der Waals surface area (Å²) in [7, 11) is 3.07. The standard InChI is InChI=1S/C20H23ClN6O3/c1-12-23-24-18-4-5-19(25-27(12)18)26-8-6-13(7-9-26)20(28)22-15-10-14(21)16(29-2)11-17(15)30-3/h4-5,10-11,13H,6-9H2,1-3H3,(H,22,28). The Morgan fingerprint density at radius 1 is 1.13 bits per heavy atom. The molecule has 0 spiro atoms. The predicted octanol–water partition coefficient (Wildman–Crippen LogP) is 2.96. The van der Waals surface area contributed by atoms with E-state index in [1.54, 1.807) is 16.6 Å². The number of ether oxygens (including phenoxy) is 2. The smallest absolute Gasteiger partial charge is 0.227 e. The number of carbonyl (C=O) groups excluding carboxylic acids is 1. The molecule has 0 saturated carbocycles. The predicted molar refractivity (Wildman–Crippen MR) is 114 cm³/mol. The first-order chi connectivity index (χ1) is 14.5. The van der Waals surface area contributed by atoms with Crippen LogP contribution in [0.1, 0.15) is 18.7 Å². The second-order valence-corrected chi connectivity index (χ2v) is 7.55. The van der Waals surface area contributed by atoms with Crippen molar-refractivity contribution in [1.29, 1.82) is 0 Å². The molecule has 9 nitrogen and oxygen atoms in total. The molecule has 0 unspecified atom stereocenters. The number of nitrogens with zero attached hydrogens (tertiary/aromatic N) is 5. The van der Waals surface area contributed by atoms with Gasteiger partial charge in [0.25, 0.3) is 0 Å². The highest BCUT2D eigenvalue weighted by molar-refractivity contribution is 6.32.